The molecule has 21 heavy (non-hydrogen) atoms. The normalized spacial score (nSPS) is 10.8. The highest BCUT2D eigenvalue weighted by atomic mass is 79.9. The number of anilines is 1. The quantitative estimate of drug-likeness (QED) is 0.758. The fourth-order valence-electron chi connectivity index (χ4n) is 1.68. The first-order valence-corrected chi connectivity index (χ1v) is 6.22. The Bertz CT molecular complexity index is 594. The third-order valence-corrected chi connectivity index (χ3v) is 3.02. The first-order chi connectivity index (χ1) is 9.08. The van der Waals surface area contributed by atoms with Crippen molar-refractivity contribution < 1.29 is 4.79 Å². The monoisotopic (exact) mass is 435 g/mol. The number of hydrogen-bond donors (Lipinski definition) is 2. The average Bonchev–Trinajstić information content (AvgIpc) is 2.39. The lowest BCUT2D eigenvalue weighted by atomic mass is 10.1. The number of pyridine rings is 1. The van der Waals surface area contributed by atoms with Gasteiger partial charge in [0.25, 0.3) is 5.91 Å². The Labute approximate surface area is 149 Å². The summed E-state index contributed by atoms with van der Waals surface area (Å²) in [5.41, 5.74) is 7.77. The van der Waals surface area contributed by atoms with Crippen LogP contribution in [0.5, 0.6) is 0 Å². The highest BCUT2D eigenvalue weighted by Gasteiger charge is 2.10. The molecule has 1 heterocycles. The number of carbonyl (C=O) groups is 1. The van der Waals surface area contributed by atoms with E-state index >= 15 is 0 Å². The molecule has 1 aromatic carbocycles. The molecular formula is C14H16Br2ClN3O. The van der Waals surface area contributed by atoms with Crippen molar-refractivity contribution in [3.63, 3.8) is 0 Å². The third kappa shape index (κ3) is 5.39. The van der Waals surface area contributed by atoms with Crippen LogP contribution in [0, 0.1) is 0 Å². The van der Waals surface area contributed by atoms with Crippen LogP contribution in [-0.2, 0) is 0 Å². The van der Waals surface area contributed by atoms with Crippen molar-refractivity contribution >= 4 is 57.2 Å². The van der Waals surface area contributed by atoms with Crippen LogP contribution in [0.3, 0.4) is 0 Å². The van der Waals surface area contributed by atoms with Crippen LogP contribution in [0.15, 0.2) is 42.7 Å². The number of halogens is 3. The van der Waals surface area contributed by atoms with E-state index in [9.17, 15) is 4.79 Å². The van der Waals surface area contributed by atoms with E-state index in [2.05, 4.69) is 10.3 Å². The van der Waals surface area contributed by atoms with E-state index in [-0.39, 0.29) is 45.9 Å². The van der Waals surface area contributed by atoms with Gasteiger partial charge in [0, 0.05) is 34.7 Å². The zero-order valence-corrected chi connectivity index (χ0v) is 15.4. The number of nitrogens with zero attached hydrogens (tertiary/aromatic N) is 1. The lowest BCUT2D eigenvalue weighted by Crippen LogP contribution is -2.13. The van der Waals surface area contributed by atoms with Gasteiger partial charge in [-0.1, -0.05) is 17.7 Å². The van der Waals surface area contributed by atoms with Crippen molar-refractivity contribution in [3.8, 4) is 0 Å². The Hall–Kier alpha value is -0.950. The smallest absolute Gasteiger partial charge is 0.255 e. The second-order valence-corrected chi connectivity index (χ2v) is 4.62. The van der Waals surface area contributed by atoms with Crippen molar-refractivity contribution in [3.05, 3.63) is 58.9 Å². The Morgan fingerprint density at radius 3 is 2.38 bits per heavy atom. The number of aromatic nitrogens is 1. The maximum Gasteiger partial charge on any atom is 0.255 e. The second kappa shape index (κ2) is 9.15. The predicted molar refractivity (Wildman–Crippen MR) is 96.9 cm³/mol. The maximum absolute atomic E-state index is 12.0. The molecule has 0 aliphatic rings. The molecule has 1 unspecified atom stereocenters. The molecule has 7 heteroatoms. The number of carbonyl (C=O) groups excluding carboxylic acids is 1. The van der Waals surface area contributed by atoms with Gasteiger partial charge in [-0.25, -0.2) is 0 Å². The zero-order chi connectivity index (χ0) is 13.8. The van der Waals surface area contributed by atoms with E-state index in [0.29, 0.717) is 16.3 Å². The number of benzene rings is 1. The molecule has 0 saturated heterocycles. The van der Waals surface area contributed by atoms with Gasteiger partial charge in [0.15, 0.2) is 0 Å². The van der Waals surface area contributed by atoms with Gasteiger partial charge in [0.2, 0.25) is 0 Å². The molecule has 4 nitrogen and oxygen atoms in total. The summed E-state index contributed by atoms with van der Waals surface area (Å²) in [5, 5.41) is 3.26. The van der Waals surface area contributed by atoms with Gasteiger partial charge < -0.3 is 11.1 Å². The molecular weight excluding hydrogens is 421 g/mol. The van der Waals surface area contributed by atoms with E-state index in [1.165, 1.54) is 0 Å². The number of nitrogens with two attached hydrogens (primary N) is 1. The fourth-order valence-corrected chi connectivity index (χ4v) is 2.03. The largest absolute Gasteiger partial charge is 0.324 e. The van der Waals surface area contributed by atoms with Crippen molar-refractivity contribution in [2.75, 3.05) is 5.32 Å². The van der Waals surface area contributed by atoms with Crippen molar-refractivity contribution in [2.45, 2.75) is 13.0 Å². The van der Waals surface area contributed by atoms with Gasteiger partial charge in [-0.15, -0.1) is 34.0 Å². The zero-order valence-electron chi connectivity index (χ0n) is 11.2. The number of hydrogen-bond acceptors (Lipinski definition) is 3. The molecule has 0 radical (unpaired) electrons. The van der Waals surface area contributed by atoms with Crippen LogP contribution in [0.2, 0.25) is 5.02 Å². The summed E-state index contributed by atoms with van der Waals surface area (Å²) in [7, 11) is 0. The summed E-state index contributed by atoms with van der Waals surface area (Å²) in [6, 6.07) is 8.38. The number of rotatable bonds is 3. The van der Waals surface area contributed by atoms with Gasteiger partial charge in [0.1, 0.15) is 0 Å². The average molecular weight is 438 g/mol. The minimum absolute atomic E-state index is 0. The molecule has 2 rings (SSSR count). The lowest BCUT2D eigenvalue weighted by molar-refractivity contribution is 0.102. The second-order valence-electron chi connectivity index (χ2n) is 4.21. The molecule has 0 aliphatic carbocycles. The summed E-state index contributed by atoms with van der Waals surface area (Å²) < 4.78 is 0. The summed E-state index contributed by atoms with van der Waals surface area (Å²) in [6.07, 6.45) is 3.23. The molecule has 3 N–H and O–H groups in total. The Morgan fingerprint density at radius 1 is 1.24 bits per heavy atom. The third-order valence-electron chi connectivity index (χ3n) is 2.69. The summed E-state index contributed by atoms with van der Waals surface area (Å²) >= 11 is 6.10. The molecule has 0 spiro atoms. The van der Waals surface area contributed by atoms with E-state index in [0.717, 1.165) is 5.56 Å². The number of nitrogens with one attached hydrogen (secondary N) is 1. The molecule has 2 aromatic rings. The fraction of sp³-hybridized carbons (Fsp3) is 0.143. The summed E-state index contributed by atoms with van der Waals surface area (Å²) in [5.74, 6) is -0.218. The van der Waals surface area contributed by atoms with Crippen LogP contribution in [0.25, 0.3) is 0 Å². The molecule has 0 aliphatic heterocycles. The van der Waals surface area contributed by atoms with Gasteiger partial charge in [-0.05, 0) is 36.8 Å². The number of amides is 1. The topological polar surface area (TPSA) is 68.0 Å². The van der Waals surface area contributed by atoms with E-state index in [1.54, 1.807) is 42.7 Å². The minimum Gasteiger partial charge on any atom is -0.324 e. The lowest BCUT2D eigenvalue weighted by Gasteiger charge is -2.10. The first-order valence-electron chi connectivity index (χ1n) is 5.84. The van der Waals surface area contributed by atoms with Crippen LogP contribution in [0.1, 0.15) is 28.9 Å². The molecule has 1 aromatic heterocycles. The molecule has 0 fully saturated rings. The molecule has 0 saturated carbocycles. The van der Waals surface area contributed by atoms with Crippen LogP contribution in [-0.4, -0.2) is 10.9 Å². The highest BCUT2D eigenvalue weighted by molar-refractivity contribution is 8.93. The Balaban J connectivity index is 0.00000200. The van der Waals surface area contributed by atoms with Gasteiger partial charge in [-0.2, -0.15) is 0 Å². The van der Waals surface area contributed by atoms with Crippen LogP contribution >= 0.6 is 45.6 Å². The van der Waals surface area contributed by atoms with Gasteiger partial charge >= 0.3 is 0 Å². The molecule has 0 bridgehead atoms. The van der Waals surface area contributed by atoms with Crippen molar-refractivity contribution in [1.29, 1.82) is 0 Å². The summed E-state index contributed by atoms with van der Waals surface area (Å²) in [4.78, 5) is 15.9. The van der Waals surface area contributed by atoms with E-state index in [1.807, 2.05) is 6.92 Å². The molecule has 1 atom stereocenters. The van der Waals surface area contributed by atoms with Crippen molar-refractivity contribution in [1.82, 2.24) is 4.98 Å². The standard InChI is InChI=1S/C14H14ClN3O.2BrH/c1-9(16)12-3-2-10(8-13(12)15)14(19)18-11-4-6-17-7-5-11;;/h2-9H,16H2,1H3,(H,17,18,19);2*1H. The molecule has 114 valence electrons. The van der Waals surface area contributed by atoms with Crippen LogP contribution in [0.4, 0.5) is 5.69 Å². The maximum atomic E-state index is 12.0. The van der Waals surface area contributed by atoms with Crippen LogP contribution < -0.4 is 11.1 Å². The Morgan fingerprint density at radius 2 is 1.86 bits per heavy atom. The predicted octanol–water partition coefficient (Wildman–Crippen LogP) is 4.16. The summed E-state index contributed by atoms with van der Waals surface area (Å²) in [6.45, 7) is 1.85. The van der Waals surface area contributed by atoms with Gasteiger partial charge in [-0.3, -0.25) is 9.78 Å². The van der Waals surface area contributed by atoms with Gasteiger partial charge in [0.05, 0.1) is 0 Å². The molecule has 1 amide bonds. The van der Waals surface area contributed by atoms with Crippen molar-refractivity contribution in [2.24, 2.45) is 5.73 Å². The van der Waals surface area contributed by atoms with E-state index in [4.69, 9.17) is 17.3 Å². The SMILES string of the molecule is Br.Br.CC(N)c1ccc(C(=O)Nc2ccncc2)cc1Cl. The Kier molecular flexibility index (Phi) is 8.73. The van der Waals surface area contributed by atoms with E-state index < -0.39 is 0 Å². The first kappa shape index (κ1) is 20.1. The minimum atomic E-state index is -0.218. The highest BCUT2D eigenvalue weighted by Crippen LogP contribution is 2.23.